The molecule has 1 saturated heterocycles. The molecule has 1 aliphatic rings. The van der Waals surface area contributed by atoms with Gasteiger partial charge < -0.3 is 5.11 Å². The van der Waals surface area contributed by atoms with Crippen LogP contribution in [0.5, 0.6) is 0 Å². The number of nitriles is 1. The number of anilines is 1. The second kappa shape index (κ2) is 13.0. The molecule has 1 aromatic heterocycles. The Morgan fingerprint density at radius 1 is 1.31 bits per heavy atom. The van der Waals surface area contributed by atoms with Crippen molar-refractivity contribution in [3.8, 4) is 6.07 Å². The number of nitrogens with one attached hydrogen (secondary N) is 1. The van der Waals surface area contributed by atoms with E-state index < -0.39 is 12.1 Å². The van der Waals surface area contributed by atoms with Crippen LogP contribution in [0.1, 0.15) is 48.4 Å². The number of halogens is 4. The topological polar surface area (TPSA) is 122 Å². The molecule has 0 saturated carbocycles. The van der Waals surface area contributed by atoms with Gasteiger partial charge in [0.1, 0.15) is 11.1 Å². The zero-order chi connectivity index (χ0) is 26.9. The third kappa shape index (κ3) is 8.98. The number of rotatable bonds is 7. The molecule has 0 radical (unpaired) electrons. The zero-order valence-electron chi connectivity index (χ0n) is 19.7. The Morgan fingerprint density at radius 3 is 2.50 bits per heavy atom. The third-order valence-corrected chi connectivity index (χ3v) is 5.17. The van der Waals surface area contributed by atoms with Crippen molar-refractivity contribution in [2.45, 2.75) is 39.4 Å². The molecule has 9 nitrogen and oxygen atoms in total. The van der Waals surface area contributed by atoms with Crippen LogP contribution >= 0.6 is 11.6 Å². The van der Waals surface area contributed by atoms with Crippen LogP contribution in [0.25, 0.3) is 0 Å². The normalized spacial score (nSPS) is 13.5. The largest absolute Gasteiger partial charge is 0.490 e. The van der Waals surface area contributed by atoms with Crippen molar-refractivity contribution >= 4 is 29.3 Å². The number of carbonyl (C=O) groups excluding carboxylic acids is 1. The van der Waals surface area contributed by atoms with Gasteiger partial charge >= 0.3 is 12.1 Å². The standard InChI is InChI=1S/C21H25ClN6O.C2HF3O2/c1-15(2)13-28(20-18(22)12-24-19(11-23)25-20)26-21(29)17-7-5-6-16(10-17)14-27-8-3-4-9-27;3-2(4,5)1(6)7/h5-7,10,12,15H,3-4,8-9,13-14H2,1-2H3,(H,26,29);(H,6,7). The first-order valence-electron chi connectivity index (χ1n) is 11.0. The van der Waals surface area contributed by atoms with Gasteiger partial charge in [0.2, 0.25) is 5.82 Å². The zero-order valence-corrected chi connectivity index (χ0v) is 20.5. The molecule has 194 valence electrons. The van der Waals surface area contributed by atoms with Crippen molar-refractivity contribution in [1.82, 2.24) is 20.3 Å². The molecule has 36 heavy (non-hydrogen) atoms. The molecule has 1 amide bonds. The first kappa shape index (κ1) is 28.8. The number of aliphatic carboxylic acids is 1. The fraction of sp³-hybridized carbons (Fsp3) is 0.435. The molecule has 0 bridgehead atoms. The number of hydrogen-bond acceptors (Lipinski definition) is 7. The molecular formula is C23H26ClF3N6O3. The maximum atomic E-state index is 12.9. The van der Waals surface area contributed by atoms with E-state index in [9.17, 15) is 18.0 Å². The predicted molar refractivity (Wildman–Crippen MR) is 126 cm³/mol. The molecule has 2 heterocycles. The summed E-state index contributed by atoms with van der Waals surface area (Å²) in [7, 11) is 0. The summed E-state index contributed by atoms with van der Waals surface area (Å²) >= 11 is 6.25. The van der Waals surface area contributed by atoms with Gasteiger partial charge in [-0.3, -0.25) is 20.1 Å². The number of amides is 1. The van der Waals surface area contributed by atoms with E-state index >= 15 is 0 Å². The summed E-state index contributed by atoms with van der Waals surface area (Å²) in [6, 6.07) is 9.56. The number of benzene rings is 1. The Balaban J connectivity index is 0.000000572. The number of hydrazine groups is 1. The maximum Gasteiger partial charge on any atom is 0.490 e. The summed E-state index contributed by atoms with van der Waals surface area (Å²) in [4.78, 5) is 32.3. The molecule has 1 aromatic carbocycles. The lowest BCUT2D eigenvalue weighted by atomic mass is 10.1. The number of carboxylic acid groups (broad SMARTS) is 1. The average molecular weight is 527 g/mol. The van der Waals surface area contributed by atoms with Crippen LogP contribution in [0.15, 0.2) is 30.5 Å². The van der Waals surface area contributed by atoms with Gasteiger partial charge in [-0.2, -0.15) is 23.4 Å². The van der Waals surface area contributed by atoms with E-state index in [0.717, 1.165) is 25.2 Å². The summed E-state index contributed by atoms with van der Waals surface area (Å²) in [6.07, 6.45) is -1.25. The lowest BCUT2D eigenvalue weighted by Crippen LogP contribution is -2.45. The van der Waals surface area contributed by atoms with Gasteiger partial charge in [-0.05, 0) is 49.5 Å². The number of likely N-dealkylation sites (tertiary alicyclic amines) is 1. The van der Waals surface area contributed by atoms with E-state index in [2.05, 4.69) is 20.3 Å². The predicted octanol–water partition coefficient (Wildman–Crippen LogP) is 4.04. The van der Waals surface area contributed by atoms with Crippen LogP contribution in [0.4, 0.5) is 19.0 Å². The van der Waals surface area contributed by atoms with Gasteiger partial charge in [0.05, 0.1) is 6.20 Å². The summed E-state index contributed by atoms with van der Waals surface area (Å²) in [5.74, 6) is -2.46. The smallest absolute Gasteiger partial charge is 0.475 e. The first-order chi connectivity index (χ1) is 16.9. The average Bonchev–Trinajstić information content (AvgIpc) is 3.31. The highest BCUT2D eigenvalue weighted by Crippen LogP contribution is 2.22. The number of aromatic nitrogens is 2. The van der Waals surface area contributed by atoms with E-state index in [4.69, 9.17) is 26.8 Å². The van der Waals surface area contributed by atoms with Crippen molar-refractivity contribution in [3.63, 3.8) is 0 Å². The fourth-order valence-corrected chi connectivity index (χ4v) is 3.54. The van der Waals surface area contributed by atoms with E-state index in [-0.39, 0.29) is 22.7 Å². The SMILES string of the molecule is CC(C)CN(NC(=O)c1cccc(CN2CCCC2)c1)c1nc(C#N)ncc1Cl.O=C(O)C(F)(F)F. The quantitative estimate of drug-likeness (QED) is 0.518. The van der Waals surface area contributed by atoms with Gasteiger partial charge in [-0.1, -0.05) is 37.6 Å². The second-order valence-electron chi connectivity index (χ2n) is 8.41. The van der Waals surface area contributed by atoms with E-state index in [1.165, 1.54) is 19.0 Å². The van der Waals surface area contributed by atoms with E-state index in [0.29, 0.717) is 17.9 Å². The molecule has 0 aliphatic carbocycles. The van der Waals surface area contributed by atoms with Gasteiger partial charge in [-0.25, -0.2) is 9.78 Å². The van der Waals surface area contributed by atoms with Crippen LogP contribution in [0.3, 0.4) is 0 Å². The Labute approximate surface area is 211 Å². The van der Waals surface area contributed by atoms with E-state index in [1.54, 1.807) is 11.1 Å². The minimum Gasteiger partial charge on any atom is -0.475 e. The van der Waals surface area contributed by atoms with Crippen molar-refractivity contribution < 1.29 is 27.9 Å². The lowest BCUT2D eigenvalue weighted by Gasteiger charge is -2.26. The van der Waals surface area contributed by atoms with Crippen molar-refractivity contribution in [1.29, 1.82) is 5.26 Å². The Bertz CT molecular complexity index is 1100. The van der Waals surface area contributed by atoms with Crippen molar-refractivity contribution in [2.24, 2.45) is 5.92 Å². The Kier molecular flexibility index (Phi) is 10.4. The van der Waals surface area contributed by atoms with E-state index in [1.807, 2.05) is 38.1 Å². The maximum absolute atomic E-state index is 12.9. The number of carbonyl (C=O) groups is 2. The molecule has 0 unspecified atom stereocenters. The number of hydrogen-bond donors (Lipinski definition) is 2. The number of alkyl halides is 3. The lowest BCUT2D eigenvalue weighted by molar-refractivity contribution is -0.192. The van der Waals surface area contributed by atoms with Crippen LogP contribution in [-0.2, 0) is 11.3 Å². The summed E-state index contributed by atoms with van der Waals surface area (Å²) in [5, 5.41) is 18.1. The minimum atomic E-state index is -5.08. The Morgan fingerprint density at radius 2 is 1.94 bits per heavy atom. The molecule has 0 spiro atoms. The molecule has 3 rings (SSSR count). The van der Waals surface area contributed by atoms with Crippen LogP contribution < -0.4 is 10.4 Å². The monoisotopic (exact) mass is 526 g/mol. The number of nitrogens with zero attached hydrogens (tertiary/aromatic N) is 5. The second-order valence-corrected chi connectivity index (χ2v) is 8.82. The van der Waals surface area contributed by atoms with Crippen LogP contribution in [-0.4, -0.2) is 57.7 Å². The van der Waals surface area contributed by atoms with Gasteiger partial charge in [0.25, 0.3) is 5.91 Å². The van der Waals surface area contributed by atoms with Crippen LogP contribution in [0.2, 0.25) is 5.02 Å². The Hall–Kier alpha value is -3.43. The summed E-state index contributed by atoms with van der Waals surface area (Å²) in [5.41, 5.74) is 4.57. The number of carboxylic acids is 1. The highest BCUT2D eigenvalue weighted by molar-refractivity contribution is 6.32. The van der Waals surface area contributed by atoms with Gasteiger partial charge in [-0.15, -0.1) is 0 Å². The fourth-order valence-electron chi connectivity index (χ4n) is 3.35. The molecule has 0 atom stereocenters. The highest BCUT2D eigenvalue weighted by atomic mass is 35.5. The highest BCUT2D eigenvalue weighted by Gasteiger charge is 2.38. The summed E-state index contributed by atoms with van der Waals surface area (Å²) in [6.45, 7) is 7.59. The molecule has 13 heteroatoms. The molecule has 2 aromatic rings. The summed E-state index contributed by atoms with van der Waals surface area (Å²) < 4.78 is 31.7. The van der Waals surface area contributed by atoms with Crippen molar-refractivity contribution in [2.75, 3.05) is 24.6 Å². The third-order valence-electron chi connectivity index (χ3n) is 4.90. The minimum absolute atomic E-state index is 0.0000145. The first-order valence-corrected chi connectivity index (χ1v) is 11.4. The van der Waals surface area contributed by atoms with Gasteiger partial charge in [0, 0.05) is 18.7 Å². The molecule has 1 aliphatic heterocycles. The van der Waals surface area contributed by atoms with Gasteiger partial charge in [0.15, 0.2) is 5.82 Å². The van der Waals surface area contributed by atoms with Crippen LogP contribution in [0, 0.1) is 17.2 Å². The molecule has 2 N–H and O–H groups in total. The molecule has 1 fully saturated rings. The molecular weight excluding hydrogens is 501 g/mol. The van der Waals surface area contributed by atoms with Crippen molar-refractivity contribution in [3.05, 3.63) is 52.4 Å².